The monoisotopic (exact) mass is 260 g/mol. The van der Waals surface area contributed by atoms with Gasteiger partial charge in [0, 0.05) is 17.9 Å². The Balaban J connectivity index is 1.74. The molecular formula is C15H20N2O2. The minimum absolute atomic E-state index is 0.0108. The fraction of sp³-hybridized carbons (Fsp3) is 0.533. The smallest absolute Gasteiger partial charge is 0.253 e. The first-order valence-corrected chi connectivity index (χ1v) is 7.06. The van der Waals surface area contributed by atoms with Crippen molar-refractivity contribution in [2.24, 2.45) is 0 Å². The molecule has 0 bridgehead atoms. The topological polar surface area (TPSA) is 50.4 Å². The van der Waals surface area contributed by atoms with Crippen LogP contribution in [-0.4, -0.2) is 24.7 Å². The number of hydrogen-bond acceptors (Lipinski definition) is 3. The lowest BCUT2D eigenvalue weighted by molar-refractivity contribution is -0.126. The Morgan fingerprint density at radius 2 is 2.32 bits per heavy atom. The summed E-state index contributed by atoms with van der Waals surface area (Å²) in [5.74, 6) is -0.0108. The summed E-state index contributed by atoms with van der Waals surface area (Å²) in [5.41, 5.74) is 3.29. The predicted octanol–water partition coefficient (Wildman–Crippen LogP) is 2.55. The fourth-order valence-corrected chi connectivity index (χ4v) is 2.84. The molecule has 2 aliphatic heterocycles. The number of amides is 1. The molecule has 3 rings (SSSR count). The minimum Gasteiger partial charge on any atom is -0.385 e. The van der Waals surface area contributed by atoms with Crippen LogP contribution in [0.2, 0.25) is 0 Å². The van der Waals surface area contributed by atoms with E-state index < -0.39 is 0 Å². The van der Waals surface area contributed by atoms with Crippen LogP contribution in [0.3, 0.4) is 0 Å². The fourth-order valence-electron chi connectivity index (χ4n) is 2.84. The van der Waals surface area contributed by atoms with E-state index in [4.69, 9.17) is 4.74 Å². The number of fused-ring (bicyclic) bond motifs is 1. The van der Waals surface area contributed by atoms with Gasteiger partial charge in [0.15, 0.2) is 0 Å². The lowest BCUT2D eigenvalue weighted by atomic mass is 10.0. The quantitative estimate of drug-likeness (QED) is 0.859. The van der Waals surface area contributed by atoms with Gasteiger partial charge in [0.2, 0.25) is 0 Å². The van der Waals surface area contributed by atoms with Gasteiger partial charge in [0.05, 0.1) is 6.10 Å². The summed E-state index contributed by atoms with van der Waals surface area (Å²) < 4.78 is 5.61. The van der Waals surface area contributed by atoms with E-state index in [9.17, 15) is 4.79 Å². The SMILES string of the molecule is CC1CCC(C(=O)Nc2cccc3c2CCCN3)O1. The van der Waals surface area contributed by atoms with Crippen LogP contribution < -0.4 is 10.6 Å². The lowest BCUT2D eigenvalue weighted by Crippen LogP contribution is -2.28. The molecule has 102 valence electrons. The lowest BCUT2D eigenvalue weighted by Gasteiger charge is -2.22. The van der Waals surface area contributed by atoms with Crippen LogP contribution in [0.15, 0.2) is 18.2 Å². The maximum absolute atomic E-state index is 12.2. The number of nitrogens with one attached hydrogen (secondary N) is 2. The number of ether oxygens (including phenoxy) is 1. The maximum Gasteiger partial charge on any atom is 0.253 e. The van der Waals surface area contributed by atoms with Gasteiger partial charge in [0.25, 0.3) is 5.91 Å². The van der Waals surface area contributed by atoms with Gasteiger partial charge in [-0.25, -0.2) is 0 Å². The minimum atomic E-state index is -0.289. The van der Waals surface area contributed by atoms with Crippen LogP contribution >= 0.6 is 0 Å². The van der Waals surface area contributed by atoms with Crippen LogP contribution in [0.5, 0.6) is 0 Å². The van der Waals surface area contributed by atoms with Crippen molar-refractivity contribution in [3.8, 4) is 0 Å². The van der Waals surface area contributed by atoms with E-state index in [2.05, 4.69) is 16.7 Å². The second kappa shape index (κ2) is 5.21. The average molecular weight is 260 g/mol. The summed E-state index contributed by atoms with van der Waals surface area (Å²) in [7, 11) is 0. The molecule has 0 aliphatic carbocycles. The summed E-state index contributed by atoms with van der Waals surface area (Å²) in [4.78, 5) is 12.2. The van der Waals surface area contributed by atoms with Crippen LogP contribution in [0.1, 0.15) is 31.7 Å². The molecule has 2 atom stereocenters. The molecule has 19 heavy (non-hydrogen) atoms. The zero-order valence-electron chi connectivity index (χ0n) is 11.2. The molecule has 2 aliphatic rings. The molecule has 1 amide bonds. The highest BCUT2D eigenvalue weighted by molar-refractivity contribution is 5.95. The summed E-state index contributed by atoms with van der Waals surface area (Å²) in [6, 6.07) is 6.02. The Morgan fingerprint density at radius 3 is 3.11 bits per heavy atom. The Labute approximate surface area is 113 Å². The zero-order valence-corrected chi connectivity index (χ0v) is 11.2. The van der Waals surface area contributed by atoms with Crippen molar-refractivity contribution in [1.82, 2.24) is 0 Å². The number of hydrogen-bond donors (Lipinski definition) is 2. The molecule has 4 nitrogen and oxygen atoms in total. The molecule has 2 heterocycles. The summed E-state index contributed by atoms with van der Waals surface area (Å²) in [6.45, 7) is 3.02. The number of benzene rings is 1. The van der Waals surface area contributed by atoms with Crippen molar-refractivity contribution in [2.45, 2.75) is 44.8 Å². The van der Waals surface area contributed by atoms with Gasteiger partial charge < -0.3 is 15.4 Å². The van der Waals surface area contributed by atoms with E-state index in [0.29, 0.717) is 0 Å². The van der Waals surface area contributed by atoms with Crippen LogP contribution in [0.4, 0.5) is 11.4 Å². The number of anilines is 2. The van der Waals surface area contributed by atoms with Gasteiger partial charge >= 0.3 is 0 Å². The van der Waals surface area contributed by atoms with Gasteiger partial charge in [-0.1, -0.05) is 6.07 Å². The third kappa shape index (κ3) is 2.59. The molecule has 0 spiro atoms. The van der Waals surface area contributed by atoms with Gasteiger partial charge in [-0.2, -0.15) is 0 Å². The normalized spacial score (nSPS) is 25.5. The molecule has 0 aromatic heterocycles. The van der Waals surface area contributed by atoms with Crippen molar-refractivity contribution in [1.29, 1.82) is 0 Å². The van der Waals surface area contributed by atoms with E-state index in [1.165, 1.54) is 5.56 Å². The highest BCUT2D eigenvalue weighted by Gasteiger charge is 2.28. The molecular weight excluding hydrogens is 240 g/mol. The van der Waals surface area contributed by atoms with E-state index >= 15 is 0 Å². The Kier molecular flexibility index (Phi) is 3.42. The van der Waals surface area contributed by atoms with Crippen molar-refractivity contribution in [2.75, 3.05) is 17.2 Å². The van der Waals surface area contributed by atoms with E-state index in [1.807, 2.05) is 19.1 Å². The highest BCUT2D eigenvalue weighted by atomic mass is 16.5. The Morgan fingerprint density at radius 1 is 1.42 bits per heavy atom. The standard InChI is InChI=1S/C15H20N2O2/c1-10-7-8-14(19-10)15(18)17-13-6-2-5-12-11(13)4-3-9-16-12/h2,5-6,10,14,16H,3-4,7-9H2,1H3,(H,17,18). The summed E-state index contributed by atoms with van der Waals surface area (Å²) in [5, 5.41) is 6.40. The molecule has 1 fully saturated rings. The Bertz CT molecular complexity index is 487. The van der Waals surface area contributed by atoms with Gasteiger partial charge in [-0.15, -0.1) is 0 Å². The second-order valence-corrected chi connectivity index (χ2v) is 5.36. The van der Waals surface area contributed by atoms with E-state index in [0.717, 1.165) is 43.6 Å². The Hall–Kier alpha value is -1.55. The number of rotatable bonds is 2. The molecule has 2 N–H and O–H groups in total. The van der Waals surface area contributed by atoms with Crippen LogP contribution in [0, 0.1) is 0 Å². The molecule has 1 aromatic rings. The predicted molar refractivity (Wildman–Crippen MR) is 75.5 cm³/mol. The zero-order chi connectivity index (χ0) is 13.2. The van der Waals surface area contributed by atoms with Crippen molar-refractivity contribution in [3.05, 3.63) is 23.8 Å². The molecule has 4 heteroatoms. The highest BCUT2D eigenvalue weighted by Crippen LogP contribution is 2.29. The largest absolute Gasteiger partial charge is 0.385 e. The molecule has 1 aromatic carbocycles. The first-order chi connectivity index (χ1) is 9.24. The van der Waals surface area contributed by atoms with Gasteiger partial charge in [-0.05, 0) is 50.3 Å². The molecule has 0 radical (unpaired) electrons. The summed E-state index contributed by atoms with van der Waals surface area (Å²) >= 11 is 0. The third-order valence-corrected chi connectivity index (χ3v) is 3.88. The van der Waals surface area contributed by atoms with E-state index in [-0.39, 0.29) is 18.1 Å². The molecule has 1 saturated heterocycles. The summed E-state index contributed by atoms with van der Waals surface area (Å²) in [6.07, 6.45) is 3.81. The molecule has 0 saturated carbocycles. The average Bonchev–Trinajstić information content (AvgIpc) is 2.86. The van der Waals surface area contributed by atoms with Crippen LogP contribution in [0.25, 0.3) is 0 Å². The van der Waals surface area contributed by atoms with Crippen LogP contribution in [-0.2, 0) is 16.0 Å². The number of carbonyl (C=O) groups excluding carboxylic acids is 1. The van der Waals surface area contributed by atoms with Gasteiger partial charge in [0.1, 0.15) is 6.10 Å². The van der Waals surface area contributed by atoms with E-state index in [1.54, 1.807) is 0 Å². The van der Waals surface area contributed by atoms with Crippen molar-refractivity contribution < 1.29 is 9.53 Å². The van der Waals surface area contributed by atoms with Crippen molar-refractivity contribution in [3.63, 3.8) is 0 Å². The third-order valence-electron chi connectivity index (χ3n) is 3.88. The molecule has 2 unspecified atom stereocenters. The first kappa shape index (κ1) is 12.5. The second-order valence-electron chi connectivity index (χ2n) is 5.36. The first-order valence-electron chi connectivity index (χ1n) is 7.06. The van der Waals surface area contributed by atoms with Gasteiger partial charge in [-0.3, -0.25) is 4.79 Å². The van der Waals surface area contributed by atoms with Crippen molar-refractivity contribution >= 4 is 17.3 Å². The number of carbonyl (C=O) groups is 1. The maximum atomic E-state index is 12.2.